The normalized spacial score (nSPS) is 15.5. The van der Waals surface area contributed by atoms with Gasteiger partial charge in [-0.15, -0.1) is 11.6 Å². The average molecular weight is 293 g/mol. The van der Waals surface area contributed by atoms with Crippen molar-refractivity contribution in [1.29, 1.82) is 0 Å². The van der Waals surface area contributed by atoms with Crippen LogP contribution in [0.15, 0.2) is 18.2 Å². The molecule has 1 heterocycles. The molecule has 1 saturated heterocycles. The fourth-order valence-electron chi connectivity index (χ4n) is 2.20. The minimum absolute atomic E-state index is 0.582. The van der Waals surface area contributed by atoms with Crippen LogP contribution in [0, 0.1) is 24.7 Å². The molecule has 0 amide bonds. The van der Waals surface area contributed by atoms with E-state index in [9.17, 15) is 0 Å². The predicted molar refractivity (Wildman–Crippen MR) is 82.4 cm³/mol. The summed E-state index contributed by atoms with van der Waals surface area (Å²) in [4.78, 5) is 0. The van der Waals surface area contributed by atoms with Crippen molar-refractivity contribution in [2.24, 2.45) is 5.92 Å². The highest BCUT2D eigenvalue weighted by atomic mass is 35.5. The summed E-state index contributed by atoms with van der Waals surface area (Å²) in [5.41, 5.74) is 2.20. The van der Waals surface area contributed by atoms with Crippen LogP contribution in [0.2, 0.25) is 0 Å². The zero-order valence-electron chi connectivity index (χ0n) is 12.0. The van der Waals surface area contributed by atoms with Gasteiger partial charge in [-0.2, -0.15) is 0 Å². The minimum atomic E-state index is 0.582. The Labute approximate surface area is 126 Å². The van der Waals surface area contributed by atoms with Crippen LogP contribution in [0.25, 0.3) is 0 Å². The van der Waals surface area contributed by atoms with Gasteiger partial charge in [0.1, 0.15) is 5.75 Å². The lowest BCUT2D eigenvalue weighted by molar-refractivity contribution is 0.0497. The second kappa shape index (κ2) is 8.19. The molecule has 108 valence electrons. The molecule has 0 radical (unpaired) electrons. The van der Waals surface area contributed by atoms with Gasteiger partial charge >= 0.3 is 0 Å². The molecule has 0 atom stereocenters. The third kappa shape index (κ3) is 4.74. The summed E-state index contributed by atoms with van der Waals surface area (Å²) in [7, 11) is 0. The van der Waals surface area contributed by atoms with Gasteiger partial charge in [-0.1, -0.05) is 11.8 Å². The van der Waals surface area contributed by atoms with E-state index in [0.717, 1.165) is 56.0 Å². The van der Waals surface area contributed by atoms with E-state index in [1.165, 1.54) is 0 Å². The molecule has 1 aliphatic heterocycles. The quantitative estimate of drug-likeness (QED) is 0.621. The standard InChI is InChI=1S/C17H21ClO2/c1-14-12-17(6-5-16(14)4-2-3-9-18)20-13-15-7-10-19-11-8-15/h5-6,12,15H,3,7-11,13H2,1H3. The predicted octanol–water partition coefficient (Wildman–Crippen LogP) is 3.78. The number of benzene rings is 1. The molecule has 1 aromatic rings. The van der Waals surface area contributed by atoms with Crippen LogP contribution < -0.4 is 4.74 Å². The molecule has 0 aliphatic carbocycles. The van der Waals surface area contributed by atoms with E-state index in [2.05, 4.69) is 24.8 Å². The Bertz CT molecular complexity index is 481. The van der Waals surface area contributed by atoms with E-state index in [1.807, 2.05) is 12.1 Å². The molecule has 0 bridgehead atoms. The van der Waals surface area contributed by atoms with Crippen LogP contribution >= 0.6 is 11.6 Å². The van der Waals surface area contributed by atoms with Gasteiger partial charge in [-0.3, -0.25) is 0 Å². The Hall–Kier alpha value is -1.17. The fourth-order valence-corrected chi connectivity index (χ4v) is 2.29. The van der Waals surface area contributed by atoms with Gasteiger partial charge in [-0.05, 0) is 49.4 Å². The van der Waals surface area contributed by atoms with E-state index in [1.54, 1.807) is 0 Å². The topological polar surface area (TPSA) is 18.5 Å². The number of alkyl halides is 1. The maximum Gasteiger partial charge on any atom is 0.119 e. The third-order valence-electron chi connectivity index (χ3n) is 3.47. The molecule has 0 spiro atoms. The molecule has 3 heteroatoms. The highest BCUT2D eigenvalue weighted by Gasteiger charge is 2.14. The van der Waals surface area contributed by atoms with Crippen molar-refractivity contribution in [3.63, 3.8) is 0 Å². The van der Waals surface area contributed by atoms with E-state index < -0.39 is 0 Å². The van der Waals surface area contributed by atoms with E-state index in [0.29, 0.717) is 11.8 Å². The lowest BCUT2D eigenvalue weighted by atomic mass is 10.0. The van der Waals surface area contributed by atoms with Crippen LogP contribution in [0.3, 0.4) is 0 Å². The zero-order valence-corrected chi connectivity index (χ0v) is 12.7. The van der Waals surface area contributed by atoms with Gasteiger partial charge in [0.25, 0.3) is 0 Å². The SMILES string of the molecule is Cc1cc(OCC2CCOCC2)ccc1C#CCCCl. The van der Waals surface area contributed by atoms with Crippen molar-refractivity contribution in [3.8, 4) is 17.6 Å². The fraction of sp³-hybridized carbons (Fsp3) is 0.529. The third-order valence-corrected chi connectivity index (χ3v) is 3.66. The van der Waals surface area contributed by atoms with Crippen LogP contribution in [-0.4, -0.2) is 25.7 Å². The van der Waals surface area contributed by atoms with Gasteiger partial charge in [0.15, 0.2) is 0 Å². The van der Waals surface area contributed by atoms with Gasteiger partial charge in [0, 0.05) is 31.1 Å². The number of hydrogen-bond acceptors (Lipinski definition) is 2. The summed E-state index contributed by atoms with van der Waals surface area (Å²) in [6, 6.07) is 6.08. The average Bonchev–Trinajstić information content (AvgIpc) is 2.48. The van der Waals surface area contributed by atoms with Gasteiger partial charge in [0.05, 0.1) is 6.61 Å². The van der Waals surface area contributed by atoms with Crippen molar-refractivity contribution in [1.82, 2.24) is 0 Å². The number of ether oxygens (including phenoxy) is 2. The maximum absolute atomic E-state index is 5.88. The number of rotatable bonds is 4. The summed E-state index contributed by atoms with van der Waals surface area (Å²) < 4.78 is 11.2. The Balaban J connectivity index is 1.90. The largest absolute Gasteiger partial charge is 0.493 e. The van der Waals surface area contributed by atoms with Crippen molar-refractivity contribution >= 4 is 11.6 Å². The maximum atomic E-state index is 5.88. The highest BCUT2D eigenvalue weighted by molar-refractivity contribution is 6.18. The number of hydrogen-bond donors (Lipinski definition) is 0. The molecular formula is C17H21ClO2. The molecular weight excluding hydrogens is 272 g/mol. The molecule has 0 N–H and O–H groups in total. The second-order valence-corrected chi connectivity index (χ2v) is 5.46. The van der Waals surface area contributed by atoms with Crippen molar-refractivity contribution < 1.29 is 9.47 Å². The first-order valence-electron chi connectivity index (χ1n) is 7.15. The van der Waals surface area contributed by atoms with E-state index >= 15 is 0 Å². The molecule has 2 nitrogen and oxygen atoms in total. The Kier molecular flexibility index (Phi) is 6.24. The Morgan fingerprint density at radius 3 is 2.85 bits per heavy atom. The first-order valence-corrected chi connectivity index (χ1v) is 7.69. The lowest BCUT2D eigenvalue weighted by Gasteiger charge is -2.22. The monoisotopic (exact) mass is 292 g/mol. The van der Waals surface area contributed by atoms with Crippen LogP contribution in [0.5, 0.6) is 5.75 Å². The van der Waals surface area contributed by atoms with Gasteiger partial charge in [0.2, 0.25) is 0 Å². The first kappa shape index (κ1) is 15.2. The van der Waals surface area contributed by atoms with Crippen LogP contribution in [0.4, 0.5) is 0 Å². The van der Waals surface area contributed by atoms with Crippen molar-refractivity contribution in [2.75, 3.05) is 25.7 Å². The first-order chi connectivity index (χ1) is 9.79. The van der Waals surface area contributed by atoms with Crippen molar-refractivity contribution in [2.45, 2.75) is 26.2 Å². The molecule has 0 saturated carbocycles. The lowest BCUT2D eigenvalue weighted by Crippen LogP contribution is -2.21. The number of aryl methyl sites for hydroxylation is 1. The molecule has 0 aromatic heterocycles. The highest BCUT2D eigenvalue weighted by Crippen LogP contribution is 2.20. The summed E-state index contributed by atoms with van der Waals surface area (Å²) in [6.45, 7) is 4.57. The molecule has 0 unspecified atom stereocenters. The van der Waals surface area contributed by atoms with Crippen LogP contribution in [0.1, 0.15) is 30.4 Å². The molecule has 20 heavy (non-hydrogen) atoms. The summed E-state index contributed by atoms with van der Waals surface area (Å²) in [6.07, 6.45) is 2.92. The van der Waals surface area contributed by atoms with Crippen LogP contribution in [-0.2, 0) is 4.74 Å². The Morgan fingerprint density at radius 1 is 1.35 bits per heavy atom. The summed E-state index contributed by atoms with van der Waals surface area (Å²) in [5, 5.41) is 0. The molecule has 1 fully saturated rings. The van der Waals surface area contributed by atoms with Crippen molar-refractivity contribution in [3.05, 3.63) is 29.3 Å². The van der Waals surface area contributed by atoms with E-state index in [-0.39, 0.29) is 0 Å². The van der Waals surface area contributed by atoms with Gasteiger partial charge in [-0.25, -0.2) is 0 Å². The molecule has 1 aliphatic rings. The molecule has 1 aromatic carbocycles. The Morgan fingerprint density at radius 2 is 2.15 bits per heavy atom. The molecule has 2 rings (SSSR count). The minimum Gasteiger partial charge on any atom is -0.493 e. The van der Waals surface area contributed by atoms with Gasteiger partial charge < -0.3 is 9.47 Å². The summed E-state index contributed by atoms with van der Waals surface area (Å²) >= 11 is 5.62. The van der Waals surface area contributed by atoms with E-state index in [4.69, 9.17) is 21.1 Å². The smallest absolute Gasteiger partial charge is 0.119 e. The zero-order chi connectivity index (χ0) is 14.2. The number of halogens is 1. The summed E-state index contributed by atoms with van der Waals surface area (Å²) in [5.74, 6) is 8.33. The second-order valence-electron chi connectivity index (χ2n) is 5.08.